The number of aromatic amines is 1. The number of hydrogen-bond acceptors (Lipinski definition) is 3. The standard InChI is InChI=1S/C24H27NO3Se/c1-23(2,3)16-11-14(12-17(21(16)27)24(4,5)6)7-10-19(26)15-8-9-18-20(13-15)29-22(28)25-18/h7-13,27H,1-6H3,(H,25,28). The van der Waals surface area contributed by atoms with E-state index in [2.05, 4.69) is 46.5 Å². The Labute approximate surface area is 177 Å². The topological polar surface area (TPSA) is 70.2 Å². The molecule has 3 aromatic rings. The minimum absolute atomic E-state index is 0.0150. The Balaban J connectivity index is 2.00. The Morgan fingerprint density at radius 1 is 1.00 bits per heavy atom. The first-order valence-electron chi connectivity index (χ1n) is 9.59. The molecule has 0 aliphatic rings. The van der Waals surface area contributed by atoms with E-state index in [1.54, 1.807) is 30.4 Å². The van der Waals surface area contributed by atoms with Crippen LogP contribution in [0.1, 0.15) is 68.6 Å². The zero-order valence-electron chi connectivity index (χ0n) is 17.7. The molecule has 3 rings (SSSR count). The number of nitrogens with one attached hydrogen (secondary N) is 1. The monoisotopic (exact) mass is 457 g/mol. The molecule has 1 heterocycles. The summed E-state index contributed by atoms with van der Waals surface area (Å²) >= 11 is -0.282. The van der Waals surface area contributed by atoms with Gasteiger partial charge in [-0.1, -0.05) is 0 Å². The van der Waals surface area contributed by atoms with E-state index in [4.69, 9.17) is 0 Å². The summed E-state index contributed by atoms with van der Waals surface area (Å²) in [6.45, 7) is 12.4. The number of carbonyl (C=O) groups excluding carboxylic acids is 1. The molecule has 29 heavy (non-hydrogen) atoms. The van der Waals surface area contributed by atoms with E-state index in [0.29, 0.717) is 11.3 Å². The van der Waals surface area contributed by atoms with E-state index in [-0.39, 0.29) is 35.5 Å². The molecule has 152 valence electrons. The van der Waals surface area contributed by atoms with Crippen molar-refractivity contribution >= 4 is 36.1 Å². The fourth-order valence-corrected chi connectivity index (χ4v) is 4.89. The maximum absolute atomic E-state index is 12.7. The quantitative estimate of drug-likeness (QED) is 0.339. The van der Waals surface area contributed by atoms with Crippen LogP contribution in [0, 0.1) is 0 Å². The SMILES string of the molecule is CC(C)(C)c1cc(C=CC(=O)c2ccc3[nH]c(=O)[se]c3c2)cc(C(C)(C)C)c1O. The minimum atomic E-state index is -0.282. The van der Waals surface area contributed by atoms with E-state index in [1.165, 1.54) is 0 Å². The average Bonchev–Trinajstić information content (AvgIpc) is 2.97. The fourth-order valence-electron chi connectivity index (χ4n) is 3.26. The molecule has 0 unspecified atom stereocenters. The Kier molecular flexibility index (Phi) is 5.50. The van der Waals surface area contributed by atoms with Crippen molar-refractivity contribution < 1.29 is 9.90 Å². The van der Waals surface area contributed by atoms with Crippen LogP contribution in [-0.4, -0.2) is 30.4 Å². The van der Waals surface area contributed by atoms with Gasteiger partial charge in [-0.2, -0.15) is 0 Å². The predicted molar refractivity (Wildman–Crippen MR) is 120 cm³/mol. The molecule has 4 nitrogen and oxygen atoms in total. The molecule has 2 aromatic carbocycles. The molecule has 0 amide bonds. The van der Waals surface area contributed by atoms with Crippen molar-refractivity contribution in [3.05, 3.63) is 67.9 Å². The van der Waals surface area contributed by atoms with Crippen LogP contribution in [0.15, 0.2) is 41.2 Å². The number of aromatic nitrogens is 1. The van der Waals surface area contributed by atoms with Crippen molar-refractivity contribution in [2.75, 3.05) is 0 Å². The van der Waals surface area contributed by atoms with E-state index in [1.807, 2.05) is 12.1 Å². The molecule has 0 spiro atoms. The van der Waals surface area contributed by atoms with Crippen LogP contribution < -0.4 is 4.43 Å². The first-order valence-corrected chi connectivity index (χ1v) is 11.3. The van der Waals surface area contributed by atoms with Crippen LogP contribution in [0.25, 0.3) is 15.9 Å². The van der Waals surface area contributed by atoms with Crippen molar-refractivity contribution in [1.82, 2.24) is 4.98 Å². The average molecular weight is 456 g/mol. The van der Waals surface area contributed by atoms with Gasteiger partial charge < -0.3 is 0 Å². The normalized spacial score (nSPS) is 12.8. The van der Waals surface area contributed by atoms with Crippen LogP contribution in [0.2, 0.25) is 0 Å². The molecule has 2 N–H and O–H groups in total. The molecule has 0 fully saturated rings. The second-order valence-electron chi connectivity index (χ2n) is 9.39. The van der Waals surface area contributed by atoms with Crippen molar-refractivity contribution in [2.45, 2.75) is 52.4 Å². The van der Waals surface area contributed by atoms with Gasteiger partial charge >= 0.3 is 177 Å². The number of H-pyrrole nitrogens is 1. The maximum atomic E-state index is 12.7. The Morgan fingerprint density at radius 3 is 2.14 bits per heavy atom. The van der Waals surface area contributed by atoms with Crippen molar-refractivity contribution in [3.63, 3.8) is 0 Å². The summed E-state index contributed by atoms with van der Waals surface area (Å²) in [5, 5.41) is 10.8. The number of ketones is 1. The first kappa shape index (κ1) is 21.4. The number of fused-ring (bicyclic) bond motifs is 1. The summed E-state index contributed by atoms with van der Waals surface area (Å²) in [5.41, 5.74) is 3.54. The van der Waals surface area contributed by atoms with Gasteiger partial charge in [0, 0.05) is 0 Å². The van der Waals surface area contributed by atoms with Crippen molar-refractivity contribution in [1.29, 1.82) is 0 Å². The van der Waals surface area contributed by atoms with E-state index < -0.39 is 0 Å². The van der Waals surface area contributed by atoms with Crippen LogP contribution >= 0.6 is 0 Å². The number of benzene rings is 2. The summed E-state index contributed by atoms with van der Waals surface area (Å²) in [6, 6.07) is 9.23. The zero-order chi connectivity index (χ0) is 21.6. The van der Waals surface area contributed by atoms with Gasteiger partial charge in [0.05, 0.1) is 0 Å². The molecule has 0 bridgehead atoms. The number of aromatic hydroxyl groups is 1. The molecular weight excluding hydrogens is 429 g/mol. The summed E-state index contributed by atoms with van der Waals surface area (Å²) < 4.78 is 0.928. The van der Waals surface area contributed by atoms with E-state index in [0.717, 1.165) is 26.5 Å². The summed E-state index contributed by atoms with van der Waals surface area (Å²) in [7, 11) is 0. The number of phenols is 1. The Hall–Kier alpha value is -2.36. The van der Waals surface area contributed by atoms with Gasteiger partial charge in [-0.15, -0.1) is 0 Å². The zero-order valence-corrected chi connectivity index (χ0v) is 19.4. The number of carbonyl (C=O) groups is 1. The van der Waals surface area contributed by atoms with Crippen LogP contribution in [0.3, 0.4) is 0 Å². The fraction of sp³-hybridized carbons (Fsp3) is 0.333. The molecule has 0 saturated heterocycles. The molecule has 0 saturated carbocycles. The molecule has 0 aliphatic carbocycles. The van der Waals surface area contributed by atoms with Crippen LogP contribution in [-0.2, 0) is 10.8 Å². The molecule has 5 heteroatoms. The van der Waals surface area contributed by atoms with Gasteiger partial charge in [-0.25, -0.2) is 0 Å². The number of rotatable bonds is 3. The number of phenolic OH excluding ortho intramolecular Hbond substituents is 1. The predicted octanol–water partition coefficient (Wildman–Crippen LogP) is 4.78. The second kappa shape index (κ2) is 7.47. The molecule has 0 atom stereocenters. The van der Waals surface area contributed by atoms with E-state index >= 15 is 0 Å². The van der Waals surface area contributed by atoms with Crippen molar-refractivity contribution in [2.24, 2.45) is 0 Å². The first-order chi connectivity index (χ1) is 13.4. The Bertz CT molecular complexity index is 1130. The third-order valence-electron chi connectivity index (χ3n) is 4.88. The molecule has 1 aromatic heterocycles. The number of hydrogen-bond donors (Lipinski definition) is 2. The summed E-state index contributed by atoms with van der Waals surface area (Å²) in [4.78, 5) is 27.0. The van der Waals surface area contributed by atoms with Gasteiger partial charge in [0.15, 0.2) is 0 Å². The van der Waals surface area contributed by atoms with E-state index in [9.17, 15) is 14.7 Å². The number of allylic oxidation sites excluding steroid dienone is 1. The van der Waals surface area contributed by atoms with Crippen LogP contribution in [0.4, 0.5) is 0 Å². The Morgan fingerprint density at radius 2 is 1.59 bits per heavy atom. The molecule has 0 radical (unpaired) electrons. The molecular formula is C24H27NO3Se. The summed E-state index contributed by atoms with van der Waals surface area (Å²) in [6.07, 6.45) is 3.36. The third-order valence-corrected chi connectivity index (χ3v) is 6.65. The third kappa shape index (κ3) is 4.63. The van der Waals surface area contributed by atoms with Gasteiger partial charge in [0.2, 0.25) is 0 Å². The van der Waals surface area contributed by atoms with Crippen molar-refractivity contribution in [3.8, 4) is 5.75 Å². The van der Waals surface area contributed by atoms with Crippen LogP contribution in [0.5, 0.6) is 5.75 Å². The van der Waals surface area contributed by atoms with Gasteiger partial charge in [-0.3, -0.25) is 0 Å². The second-order valence-corrected chi connectivity index (χ2v) is 11.5. The van der Waals surface area contributed by atoms with Gasteiger partial charge in [0.25, 0.3) is 0 Å². The van der Waals surface area contributed by atoms with Gasteiger partial charge in [0.1, 0.15) is 0 Å². The summed E-state index contributed by atoms with van der Waals surface area (Å²) in [5.74, 6) is 0.220. The molecule has 0 aliphatic heterocycles. The van der Waals surface area contributed by atoms with Gasteiger partial charge in [-0.05, 0) is 0 Å².